The maximum Gasteiger partial charge on any atom is 0.237 e. The fourth-order valence-electron chi connectivity index (χ4n) is 1.56. The highest BCUT2D eigenvalue weighted by molar-refractivity contribution is 7.85. The average molecular weight is 350 g/mol. The van der Waals surface area contributed by atoms with Crippen molar-refractivity contribution in [3.05, 3.63) is 51.2 Å². The fourth-order valence-corrected chi connectivity index (χ4v) is 3.96. The summed E-state index contributed by atoms with van der Waals surface area (Å²) in [7, 11) is -1.43. The number of thiophene rings is 1. The van der Waals surface area contributed by atoms with Gasteiger partial charge in [-0.05, 0) is 24.3 Å². The Morgan fingerprint density at radius 1 is 1.29 bits per heavy atom. The van der Waals surface area contributed by atoms with Gasteiger partial charge in [-0.25, -0.2) is 8.78 Å². The normalized spacial score (nSPS) is 12.1. The van der Waals surface area contributed by atoms with Gasteiger partial charge in [0.15, 0.2) is 0 Å². The van der Waals surface area contributed by atoms with Gasteiger partial charge in [0.05, 0.1) is 15.8 Å². The maximum absolute atomic E-state index is 13.4. The van der Waals surface area contributed by atoms with E-state index in [9.17, 15) is 17.8 Å². The Hall–Kier alpha value is -1.31. The second-order valence-corrected chi connectivity index (χ2v) is 7.36. The van der Waals surface area contributed by atoms with Crippen LogP contribution in [-0.2, 0) is 21.3 Å². The molecule has 0 bridgehead atoms. The third kappa shape index (κ3) is 4.87. The van der Waals surface area contributed by atoms with E-state index in [2.05, 4.69) is 5.32 Å². The van der Waals surface area contributed by atoms with Crippen molar-refractivity contribution in [2.24, 2.45) is 0 Å². The third-order valence-electron chi connectivity index (χ3n) is 2.43. The van der Waals surface area contributed by atoms with E-state index >= 15 is 0 Å². The number of nitrogens with one attached hydrogen (secondary N) is 1. The summed E-state index contributed by atoms with van der Waals surface area (Å²) in [6.07, 6.45) is 0. The summed E-state index contributed by atoms with van der Waals surface area (Å²) in [6, 6.07) is 6.24. The summed E-state index contributed by atoms with van der Waals surface area (Å²) in [5.41, 5.74) is -0.141. The zero-order chi connectivity index (χ0) is 15.4. The zero-order valence-corrected chi connectivity index (χ0v) is 13.0. The lowest BCUT2D eigenvalue weighted by Gasteiger charge is -2.06. The average Bonchev–Trinajstić information content (AvgIpc) is 2.78. The maximum atomic E-state index is 13.4. The van der Waals surface area contributed by atoms with Gasteiger partial charge in [0.25, 0.3) is 0 Å². The van der Waals surface area contributed by atoms with E-state index in [0.29, 0.717) is 10.4 Å². The van der Waals surface area contributed by atoms with Crippen molar-refractivity contribution < 1.29 is 17.8 Å². The lowest BCUT2D eigenvalue weighted by molar-refractivity contribution is -0.113. The molecule has 2 rings (SSSR count). The molecule has 0 spiro atoms. The van der Waals surface area contributed by atoms with Gasteiger partial charge in [-0.2, -0.15) is 0 Å². The van der Waals surface area contributed by atoms with Gasteiger partial charge in [-0.1, -0.05) is 11.6 Å². The summed E-state index contributed by atoms with van der Waals surface area (Å²) in [5.74, 6) is -2.27. The van der Waals surface area contributed by atoms with Gasteiger partial charge >= 0.3 is 0 Å². The first kappa shape index (κ1) is 16.1. The molecule has 0 saturated heterocycles. The molecule has 0 saturated carbocycles. The van der Waals surface area contributed by atoms with Crippen LogP contribution in [0.1, 0.15) is 4.88 Å². The van der Waals surface area contributed by atoms with Gasteiger partial charge in [-0.3, -0.25) is 9.00 Å². The van der Waals surface area contributed by atoms with E-state index in [1.54, 1.807) is 12.1 Å². The van der Waals surface area contributed by atoms with Crippen LogP contribution in [-0.4, -0.2) is 15.9 Å². The smallest absolute Gasteiger partial charge is 0.237 e. The monoisotopic (exact) mass is 349 g/mol. The van der Waals surface area contributed by atoms with E-state index in [0.717, 1.165) is 17.0 Å². The molecule has 0 aliphatic heterocycles. The van der Waals surface area contributed by atoms with Crippen molar-refractivity contribution in [3.63, 3.8) is 0 Å². The number of hydrogen-bond acceptors (Lipinski definition) is 3. The number of carbonyl (C=O) groups is 1. The molecule has 0 aliphatic rings. The molecule has 21 heavy (non-hydrogen) atoms. The molecule has 1 unspecified atom stereocenters. The van der Waals surface area contributed by atoms with Crippen molar-refractivity contribution in [2.75, 3.05) is 11.1 Å². The second kappa shape index (κ2) is 7.11. The van der Waals surface area contributed by atoms with Crippen LogP contribution in [0.25, 0.3) is 0 Å². The van der Waals surface area contributed by atoms with Gasteiger partial charge in [-0.15, -0.1) is 11.3 Å². The highest BCUT2D eigenvalue weighted by Gasteiger charge is 2.12. The van der Waals surface area contributed by atoms with Gasteiger partial charge < -0.3 is 5.32 Å². The Kier molecular flexibility index (Phi) is 5.44. The van der Waals surface area contributed by atoms with Gasteiger partial charge in [0, 0.05) is 21.7 Å². The SMILES string of the molecule is O=C(CS(=O)Cc1ccc(Cl)s1)Nc1ccc(F)cc1F. The molecule has 0 radical (unpaired) electrons. The Morgan fingerprint density at radius 2 is 2.05 bits per heavy atom. The molecule has 1 heterocycles. The zero-order valence-electron chi connectivity index (χ0n) is 10.6. The first-order chi connectivity index (χ1) is 9.94. The van der Waals surface area contributed by atoms with Crippen LogP contribution in [0, 0.1) is 11.6 Å². The molecular formula is C13H10ClF2NO2S2. The van der Waals surface area contributed by atoms with Crippen LogP contribution in [0.2, 0.25) is 4.34 Å². The Bertz CT molecular complexity index is 691. The lowest BCUT2D eigenvalue weighted by Crippen LogP contribution is -2.20. The van der Waals surface area contributed by atoms with Crippen LogP contribution in [0.4, 0.5) is 14.5 Å². The predicted molar refractivity (Wildman–Crippen MR) is 81.0 cm³/mol. The number of anilines is 1. The molecule has 112 valence electrons. The van der Waals surface area contributed by atoms with E-state index in [4.69, 9.17) is 11.6 Å². The summed E-state index contributed by atoms with van der Waals surface area (Å²) in [4.78, 5) is 12.5. The standard InChI is InChI=1S/C13H10ClF2NO2S2/c14-12-4-2-9(20-12)6-21(19)7-13(18)17-11-3-1-8(15)5-10(11)16/h1-5H,6-7H2,(H,17,18). The van der Waals surface area contributed by atoms with E-state index in [-0.39, 0.29) is 17.2 Å². The largest absolute Gasteiger partial charge is 0.323 e. The van der Waals surface area contributed by atoms with Crippen LogP contribution in [0.3, 0.4) is 0 Å². The molecule has 1 amide bonds. The minimum Gasteiger partial charge on any atom is -0.323 e. The minimum absolute atomic E-state index is 0.141. The van der Waals surface area contributed by atoms with Crippen molar-refractivity contribution in [1.82, 2.24) is 0 Å². The number of benzene rings is 1. The first-order valence-corrected chi connectivity index (χ1v) is 8.46. The quantitative estimate of drug-likeness (QED) is 0.897. The second-order valence-electron chi connectivity index (χ2n) is 4.11. The predicted octanol–water partition coefficient (Wildman–Crippen LogP) is 3.57. The minimum atomic E-state index is -1.43. The highest BCUT2D eigenvalue weighted by atomic mass is 35.5. The highest BCUT2D eigenvalue weighted by Crippen LogP contribution is 2.22. The van der Waals surface area contributed by atoms with E-state index in [1.807, 2.05) is 0 Å². The lowest BCUT2D eigenvalue weighted by atomic mass is 10.3. The Morgan fingerprint density at radius 3 is 2.67 bits per heavy atom. The summed E-state index contributed by atoms with van der Waals surface area (Å²) < 4.78 is 38.5. The Labute approximate surface area is 131 Å². The van der Waals surface area contributed by atoms with Gasteiger partial charge in [0.2, 0.25) is 5.91 Å². The topological polar surface area (TPSA) is 46.2 Å². The molecule has 1 N–H and O–H groups in total. The summed E-state index contributed by atoms with van der Waals surface area (Å²) in [6.45, 7) is 0. The Balaban J connectivity index is 1.90. The number of amides is 1. The van der Waals surface area contributed by atoms with Crippen molar-refractivity contribution in [2.45, 2.75) is 5.75 Å². The molecule has 1 aromatic heterocycles. The van der Waals surface area contributed by atoms with E-state index < -0.39 is 28.3 Å². The first-order valence-electron chi connectivity index (χ1n) is 5.78. The number of rotatable bonds is 5. The van der Waals surface area contributed by atoms with Crippen molar-refractivity contribution in [3.8, 4) is 0 Å². The van der Waals surface area contributed by atoms with Crippen molar-refractivity contribution in [1.29, 1.82) is 0 Å². The fraction of sp³-hybridized carbons (Fsp3) is 0.154. The molecule has 3 nitrogen and oxygen atoms in total. The molecule has 2 aromatic rings. The van der Waals surface area contributed by atoms with Gasteiger partial charge in [0.1, 0.15) is 17.4 Å². The molecule has 1 atom stereocenters. The van der Waals surface area contributed by atoms with Crippen LogP contribution >= 0.6 is 22.9 Å². The summed E-state index contributed by atoms with van der Waals surface area (Å²) >= 11 is 7.05. The molecule has 0 fully saturated rings. The van der Waals surface area contributed by atoms with Crippen LogP contribution in [0.15, 0.2) is 30.3 Å². The summed E-state index contributed by atoms with van der Waals surface area (Å²) in [5, 5.41) is 2.26. The number of halogens is 3. The molecule has 0 aliphatic carbocycles. The van der Waals surface area contributed by atoms with Crippen LogP contribution < -0.4 is 5.32 Å². The third-order valence-corrected chi connectivity index (χ3v) is 5.06. The number of hydrogen-bond donors (Lipinski definition) is 1. The van der Waals surface area contributed by atoms with Crippen LogP contribution in [0.5, 0.6) is 0 Å². The van der Waals surface area contributed by atoms with E-state index in [1.165, 1.54) is 11.3 Å². The molecule has 8 heteroatoms. The van der Waals surface area contributed by atoms with Crippen molar-refractivity contribution >= 4 is 45.3 Å². The molecular weight excluding hydrogens is 340 g/mol. The molecule has 1 aromatic carbocycles. The number of carbonyl (C=O) groups excluding carboxylic acids is 1.